The van der Waals surface area contributed by atoms with Crippen LogP contribution < -0.4 is 24.1 Å². The molecule has 0 bridgehead atoms. The summed E-state index contributed by atoms with van der Waals surface area (Å²) >= 11 is 0. The minimum atomic E-state index is -3.72. The van der Waals surface area contributed by atoms with Crippen molar-refractivity contribution in [1.29, 1.82) is 0 Å². The summed E-state index contributed by atoms with van der Waals surface area (Å²) in [6.07, 6.45) is 1.17. The smallest absolute Gasteiger partial charge is 0.213 e. The van der Waals surface area contributed by atoms with Crippen molar-refractivity contribution in [3.05, 3.63) is 83.9 Å². The highest BCUT2D eigenvalue weighted by Gasteiger charge is 2.32. The zero-order valence-electron chi connectivity index (χ0n) is 20.2. The van der Waals surface area contributed by atoms with Gasteiger partial charge in [0.25, 0.3) is 0 Å². The summed E-state index contributed by atoms with van der Waals surface area (Å²) in [7, 11) is -0.548. The highest BCUT2D eigenvalue weighted by atomic mass is 32.2. The van der Waals surface area contributed by atoms with Gasteiger partial charge < -0.3 is 23.7 Å². The van der Waals surface area contributed by atoms with Crippen LogP contribution in [-0.2, 0) is 20.5 Å². The zero-order valence-corrected chi connectivity index (χ0v) is 21.0. The van der Waals surface area contributed by atoms with E-state index in [9.17, 15) is 8.42 Å². The average Bonchev–Trinajstić information content (AvgIpc) is 2.86. The van der Waals surface area contributed by atoms with Gasteiger partial charge >= 0.3 is 0 Å². The van der Waals surface area contributed by atoms with E-state index in [1.54, 1.807) is 32.4 Å². The molecule has 0 radical (unpaired) electrons. The summed E-state index contributed by atoms with van der Waals surface area (Å²) in [5.74, 6) is 2.07. The number of sulfonamides is 1. The Labute approximate surface area is 211 Å². The summed E-state index contributed by atoms with van der Waals surface area (Å²) in [6.45, 7) is 4.80. The number of ether oxygens (including phenoxy) is 5. The highest BCUT2D eigenvalue weighted by Crippen LogP contribution is 2.52. The van der Waals surface area contributed by atoms with E-state index in [0.29, 0.717) is 48.4 Å². The molecule has 36 heavy (non-hydrogen) atoms. The number of benzene rings is 3. The molecule has 1 aliphatic rings. The molecule has 1 unspecified atom stereocenters. The molecule has 0 saturated heterocycles. The quantitative estimate of drug-likeness (QED) is 0.303. The number of primary sulfonamides is 1. The van der Waals surface area contributed by atoms with E-state index in [0.717, 1.165) is 22.3 Å². The summed E-state index contributed by atoms with van der Waals surface area (Å²) in [6, 6.07) is 16.6. The average molecular weight is 512 g/mol. The van der Waals surface area contributed by atoms with Gasteiger partial charge in [0.1, 0.15) is 24.2 Å². The number of methoxy groups -OCH3 is 2. The summed E-state index contributed by atoms with van der Waals surface area (Å²) in [4.78, 5) is 0. The van der Waals surface area contributed by atoms with Crippen LogP contribution in [-0.4, -0.2) is 42.5 Å². The van der Waals surface area contributed by atoms with E-state index < -0.39 is 16.1 Å². The van der Waals surface area contributed by atoms with Gasteiger partial charge in [0, 0.05) is 11.1 Å². The predicted octanol–water partition coefficient (Wildman–Crippen LogP) is 4.22. The van der Waals surface area contributed by atoms with E-state index >= 15 is 0 Å². The first-order valence-corrected chi connectivity index (χ1v) is 13.0. The van der Waals surface area contributed by atoms with Gasteiger partial charge in [-0.15, -0.1) is 6.58 Å². The number of nitrogens with two attached hydrogens (primary N) is 1. The van der Waals surface area contributed by atoms with E-state index in [4.69, 9.17) is 28.8 Å². The van der Waals surface area contributed by atoms with Gasteiger partial charge in [0.2, 0.25) is 10.0 Å². The van der Waals surface area contributed by atoms with E-state index in [1.807, 2.05) is 42.5 Å². The van der Waals surface area contributed by atoms with Gasteiger partial charge in [-0.05, 0) is 35.4 Å². The Morgan fingerprint density at radius 1 is 1.06 bits per heavy atom. The molecule has 0 fully saturated rings. The van der Waals surface area contributed by atoms with Crippen LogP contribution in [0.2, 0.25) is 0 Å². The standard InChI is InChI=1S/C27H29NO7S/c1-4-12-33-13-14-34-24-11-10-23-25(27(24)32-3)21-9-8-18(17-36(28,29)30)15-22(21)26(35-23)19-6-5-7-20(16-19)31-2/h4-11,15-16,26H,1,12-14,17H2,2-3H3,(H2,28,29,30). The SMILES string of the molecule is C=CCOCCOc1ccc2c(c1OC)-c1ccc(CS(N)(=O)=O)cc1C(c1cccc(OC)c1)O2. The Kier molecular flexibility index (Phi) is 7.83. The molecular weight excluding hydrogens is 482 g/mol. The lowest BCUT2D eigenvalue weighted by Gasteiger charge is -2.31. The van der Waals surface area contributed by atoms with E-state index in [-0.39, 0.29) is 5.75 Å². The molecule has 2 N–H and O–H groups in total. The third kappa shape index (κ3) is 5.64. The molecule has 3 aromatic carbocycles. The van der Waals surface area contributed by atoms with Crippen LogP contribution in [0.5, 0.6) is 23.0 Å². The topological polar surface area (TPSA) is 106 Å². The lowest BCUT2D eigenvalue weighted by Crippen LogP contribution is -2.18. The Morgan fingerprint density at radius 3 is 2.61 bits per heavy atom. The molecule has 3 aromatic rings. The van der Waals surface area contributed by atoms with Crippen LogP contribution in [0.1, 0.15) is 22.8 Å². The molecule has 0 spiro atoms. The Hall–Kier alpha value is -3.53. The third-order valence-corrected chi connectivity index (χ3v) is 6.42. The normalized spacial score (nSPS) is 14.2. The fourth-order valence-electron chi connectivity index (χ4n) is 4.21. The first-order chi connectivity index (χ1) is 17.3. The van der Waals surface area contributed by atoms with Crippen molar-refractivity contribution in [3.63, 3.8) is 0 Å². The molecule has 0 aliphatic carbocycles. The molecule has 0 amide bonds. The van der Waals surface area contributed by atoms with E-state index in [2.05, 4.69) is 6.58 Å². The van der Waals surface area contributed by atoms with Crippen LogP contribution in [0.4, 0.5) is 0 Å². The van der Waals surface area contributed by atoms with Crippen LogP contribution >= 0.6 is 0 Å². The van der Waals surface area contributed by atoms with Gasteiger partial charge in [-0.1, -0.05) is 36.4 Å². The van der Waals surface area contributed by atoms with Gasteiger partial charge in [-0.25, -0.2) is 13.6 Å². The summed E-state index contributed by atoms with van der Waals surface area (Å²) < 4.78 is 52.6. The van der Waals surface area contributed by atoms with Gasteiger partial charge in [-0.3, -0.25) is 0 Å². The maximum absolute atomic E-state index is 11.8. The molecule has 190 valence electrons. The lowest BCUT2D eigenvalue weighted by atomic mass is 9.88. The van der Waals surface area contributed by atoms with Crippen LogP contribution in [0.3, 0.4) is 0 Å². The van der Waals surface area contributed by atoms with Crippen molar-refractivity contribution in [2.45, 2.75) is 11.9 Å². The minimum Gasteiger partial charge on any atom is -0.497 e. The predicted molar refractivity (Wildman–Crippen MR) is 137 cm³/mol. The van der Waals surface area contributed by atoms with Crippen molar-refractivity contribution in [2.75, 3.05) is 34.0 Å². The van der Waals surface area contributed by atoms with Crippen molar-refractivity contribution in [1.82, 2.24) is 0 Å². The van der Waals surface area contributed by atoms with Crippen molar-refractivity contribution >= 4 is 10.0 Å². The second-order valence-corrected chi connectivity index (χ2v) is 9.80. The summed E-state index contributed by atoms with van der Waals surface area (Å²) in [5, 5.41) is 5.32. The maximum atomic E-state index is 11.8. The Morgan fingerprint density at radius 2 is 1.89 bits per heavy atom. The number of rotatable bonds is 11. The maximum Gasteiger partial charge on any atom is 0.213 e. The second-order valence-electron chi connectivity index (χ2n) is 8.19. The molecule has 0 saturated carbocycles. The number of hydrogen-bond acceptors (Lipinski definition) is 7. The lowest BCUT2D eigenvalue weighted by molar-refractivity contribution is 0.119. The fraction of sp³-hybridized carbons (Fsp3) is 0.259. The Bertz CT molecular complexity index is 1350. The van der Waals surface area contributed by atoms with Gasteiger partial charge in [0.15, 0.2) is 11.5 Å². The largest absolute Gasteiger partial charge is 0.497 e. The fourth-order valence-corrected chi connectivity index (χ4v) is 4.86. The van der Waals surface area contributed by atoms with Crippen molar-refractivity contribution in [2.24, 2.45) is 5.14 Å². The molecule has 8 nitrogen and oxygen atoms in total. The zero-order chi connectivity index (χ0) is 25.7. The molecule has 4 rings (SSSR count). The molecule has 1 aliphatic heterocycles. The van der Waals surface area contributed by atoms with Gasteiger partial charge in [-0.2, -0.15) is 0 Å². The molecule has 0 aromatic heterocycles. The second kappa shape index (κ2) is 11.0. The van der Waals surface area contributed by atoms with Crippen LogP contribution in [0.15, 0.2) is 67.3 Å². The first kappa shape index (κ1) is 25.6. The van der Waals surface area contributed by atoms with Crippen LogP contribution in [0, 0.1) is 0 Å². The monoisotopic (exact) mass is 511 g/mol. The van der Waals surface area contributed by atoms with Crippen LogP contribution in [0.25, 0.3) is 11.1 Å². The number of hydrogen-bond donors (Lipinski definition) is 1. The first-order valence-electron chi connectivity index (χ1n) is 11.3. The Balaban J connectivity index is 1.80. The minimum absolute atomic E-state index is 0.289. The van der Waals surface area contributed by atoms with Crippen molar-refractivity contribution in [3.8, 4) is 34.1 Å². The molecular formula is C27H29NO7S. The summed E-state index contributed by atoms with van der Waals surface area (Å²) in [5.41, 5.74) is 3.75. The van der Waals surface area contributed by atoms with Crippen molar-refractivity contribution < 1.29 is 32.1 Å². The highest BCUT2D eigenvalue weighted by molar-refractivity contribution is 7.88. The molecule has 1 atom stereocenters. The molecule has 1 heterocycles. The van der Waals surface area contributed by atoms with E-state index in [1.165, 1.54) is 0 Å². The third-order valence-electron chi connectivity index (χ3n) is 5.69. The number of fused-ring (bicyclic) bond motifs is 3. The molecule has 9 heteroatoms. The van der Waals surface area contributed by atoms with Gasteiger partial charge in [0.05, 0.1) is 38.7 Å².